The van der Waals surface area contributed by atoms with Crippen molar-refractivity contribution in [2.75, 3.05) is 25.5 Å². The molecule has 0 spiro atoms. The summed E-state index contributed by atoms with van der Waals surface area (Å²) in [5.74, 6) is -0.829. The van der Waals surface area contributed by atoms with Gasteiger partial charge in [-0.1, -0.05) is 0 Å². The van der Waals surface area contributed by atoms with Crippen LogP contribution in [0, 0.1) is 11.7 Å². The highest BCUT2D eigenvalue weighted by Gasteiger charge is 2.30. The minimum absolute atomic E-state index is 0.0704. The number of benzene rings is 1. The van der Waals surface area contributed by atoms with E-state index in [1.165, 1.54) is 23.5 Å². The second-order valence-electron chi connectivity index (χ2n) is 6.18. The van der Waals surface area contributed by atoms with Gasteiger partial charge in [0.05, 0.1) is 11.8 Å². The molecule has 1 saturated heterocycles. The van der Waals surface area contributed by atoms with E-state index < -0.39 is 16.0 Å². The topological polar surface area (TPSA) is 87.7 Å². The summed E-state index contributed by atoms with van der Waals surface area (Å²) in [5.41, 5.74) is 0.0892. The van der Waals surface area contributed by atoms with Crippen molar-refractivity contribution in [1.82, 2.24) is 9.03 Å². The lowest BCUT2D eigenvalue weighted by molar-refractivity contribution is -0.120. The van der Waals surface area contributed by atoms with E-state index in [1.54, 1.807) is 6.07 Å². The quantitative estimate of drug-likeness (QED) is 0.795. The minimum Gasteiger partial charge on any atom is -0.491 e. The van der Waals surface area contributed by atoms with E-state index in [0.29, 0.717) is 18.6 Å². The van der Waals surface area contributed by atoms with E-state index in [4.69, 9.17) is 4.74 Å². The normalized spacial score (nSPS) is 16.8. The number of halogens is 1. The molecule has 1 heterocycles. The largest absolute Gasteiger partial charge is 0.491 e. The maximum Gasteiger partial charge on any atom is 0.279 e. The van der Waals surface area contributed by atoms with Crippen molar-refractivity contribution in [1.29, 1.82) is 0 Å². The molecule has 0 atom stereocenters. The van der Waals surface area contributed by atoms with E-state index in [9.17, 15) is 17.6 Å². The molecule has 1 fully saturated rings. The number of carbonyl (C=O) groups excluding carboxylic acids is 1. The molecule has 2 N–H and O–H groups in total. The Balaban J connectivity index is 1.95. The van der Waals surface area contributed by atoms with Crippen LogP contribution in [0.25, 0.3) is 0 Å². The number of hydrogen-bond acceptors (Lipinski definition) is 4. The average Bonchev–Trinajstić information content (AvgIpc) is 2.57. The molecule has 1 aromatic carbocycles. The number of amides is 1. The van der Waals surface area contributed by atoms with E-state index in [-0.39, 0.29) is 36.7 Å². The molecule has 1 aromatic rings. The highest BCUT2D eigenvalue weighted by atomic mass is 32.2. The van der Waals surface area contributed by atoms with Crippen LogP contribution in [0.5, 0.6) is 5.75 Å². The number of carbonyl (C=O) groups is 1. The number of rotatable bonds is 6. The van der Waals surface area contributed by atoms with Crippen molar-refractivity contribution < 1.29 is 22.3 Å². The predicted molar refractivity (Wildman–Crippen MR) is 93.1 cm³/mol. The monoisotopic (exact) mass is 373 g/mol. The fraction of sp³-hybridized carbons (Fsp3) is 0.562. The van der Waals surface area contributed by atoms with Gasteiger partial charge in [0.25, 0.3) is 10.2 Å². The summed E-state index contributed by atoms with van der Waals surface area (Å²) in [6, 6.07) is 4.30. The number of piperidine rings is 1. The standard InChI is InChI=1S/C16H24FN3O4S/c1-11(2)24-13-4-5-15(14(17)10-13)19-16(21)12-6-8-20(9-7-12)25(22,23)18-3/h4-5,10-12,18H,6-9H2,1-3H3,(H,19,21). The molecular formula is C16H24FN3O4S. The molecule has 0 saturated carbocycles. The van der Waals surface area contributed by atoms with Gasteiger partial charge in [-0.25, -0.2) is 9.11 Å². The first kappa shape index (κ1) is 19.6. The van der Waals surface area contributed by atoms with Crippen molar-refractivity contribution in [3.8, 4) is 5.75 Å². The smallest absolute Gasteiger partial charge is 0.279 e. The van der Waals surface area contributed by atoms with Gasteiger partial charge < -0.3 is 10.1 Å². The van der Waals surface area contributed by atoms with Crippen LogP contribution < -0.4 is 14.8 Å². The maximum atomic E-state index is 14.1. The Bertz CT molecular complexity index is 716. The van der Waals surface area contributed by atoms with Crippen LogP contribution in [-0.2, 0) is 15.0 Å². The van der Waals surface area contributed by atoms with Crippen LogP contribution in [0.2, 0.25) is 0 Å². The van der Waals surface area contributed by atoms with Gasteiger partial charge in [-0.15, -0.1) is 0 Å². The van der Waals surface area contributed by atoms with Crippen LogP contribution in [-0.4, -0.2) is 44.9 Å². The lowest BCUT2D eigenvalue weighted by Gasteiger charge is -2.30. The highest BCUT2D eigenvalue weighted by Crippen LogP contribution is 2.24. The fourth-order valence-corrected chi connectivity index (χ4v) is 3.61. The summed E-state index contributed by atoms with van der Waals surface area (Å²) in [6.45, 7) is 4.19. The van der Waals surface area contributed by atoms with E-state index in [0.717, 1.165) is 0 Å². The lowest BCUT2D eigenvalue weighted by atomic mass is 9.97. The molecule has 0 aliphatic carbocycles. The third-order valence-electron chi connectivity index (χ3n) is 3.99. The Hall–Kier alpha value is -1.71. The first-order valence-electron chi connectivity index (χ1n) is 8.18. The zero-order valence-corrected chi connectivity index (χ0v) is 15.4. The van der Waals surface area contributed by atoms with Gasteiger partial charge in [-0.05, 0) is 38.8 Å². The third-order valence-corrected chi connectivity index (χ3v) is 5.55. The van der Waals surface area contributed by atoms with Crippen LogP contribution in [0.4, 0.5) is 10.1 Å². The molecule has 0 bridgehead atoms. The zero-order chi connectivity index (χ0) is 18.6. The van der Waals surface area contributed by atoms with Crippen LogP contribution in [0.15, 0.2) is 18.2 Å². The molecule has 0 aromatic heterocycles. The Morgan fingerprint density at radius 2 is 1.96 bits per heavy atom. The Labute approximate surface area is 147 Å². The molecule has 2 rings (SSSR count). The van der Waals surface area contributed by atoms with Gasteiger partial charge >= 0.3 is 0 Å². The fourth-order valence-electron chi connectivity index (χ4n) is 2.66. The number of anilines is 1. The number of nitrogens with one attached hydrogen (secondary N) is 2. The van der Waals surface area contributed by atoms with E-state index in [2.05, 4.69) is 10.0 Å². The maximum absolute atomic E-state index is 14.1. The molecule has 0 radical (unpaired) electrons. The van der Waals surface area contributed by atoms with Crippen LogP contribution >= 0.6 is 0 Å². The highest BCUT2D eigenvalue weighted by molar-refractivity contribution is 7.87. The molecule has 1 aliphatic heterocycles. The first-order chi connectivity index (χ1) is 11.7. The van der Waals surface area contributed by atoms with Gasteiger partial charge in [-0.2, -0.15) is 12.7 Å². The molecule has 7 nitrogen and oxygen atoms in total. The van der Waals surface area contributed by atoms with Gasteiger partial charge in [0.2, 0.25) is 5.91 Å². The van der Waals surface area contributed by atoms with Crippen LogP contribution in [0.1, 0.15) is 26.7 Å². The summed E-state index contributed by atoms with van der Waals surface area (Å²) in [5, 5.41) is 2.57. The van der Waals surface area contributed by atoms with Gasteiger partial charge in [0.1, 0.15) is 11.6 Å². The first-order valence-corrected chi connectivity index (χ1v) is 9.62. The van der Waals surface area contributed by atoms with Gasteiger partial charge in [-0.3, -0.25) is 4.79 Å². The number of nitrogens with zero attached hydrogens (tertiary/aromatic N) is 1. The van der Waals surface area contributed by atoms with Gasteiger partial charge in [0, 0.05) is 32.1 Å². The van der Waals surface area contributed by atoms with E-state index in [1.807, 2.05) is 13.8 Å². The molecule has 1 amide bonds. The molecule has 0 unspecified atom stereocenters. The summed E-state index contributed by atoms with van der Waals surface area (Å²) < 4.78 is 46.5. The van der Waals surface area contributed by atoms with Crippen molar-refractivity contribution in [2.45, 2.75) is 32.8 Å². The molecular weight excluding hydrogens is 349 g/mol. The Morgan fingerprint density at radius 3 is 2.48 bits per heavy atom. The average molecular weight is 373 g/mol. The van der Waals surface area contributed by atoms with Crippen LogP contribution in [0.3, 0.4) is 0 Å². The van der Waals surface area contributed by atoms with Gasteiger partial charge in [0.15, 0.2) is 0 Å². The van der Waals surface area contributed by atoms with Crippen molar-refractivity contribution in [3.63, 3.8) is 0 Å². The number of hydrogen-bond donors (Lipinski definition) is 2. The molecule has 9 heteroatoms. The van der Waals surface area contributed by atoms with Crippen molar-refractivity contribution in [3.05, 3.63) is 24.0 Å². The zero-order valence-electron chi connectivity index (χ0n) is 14.6. The van der Waals surface area contributed by atoms with Crippen molar-refractivity contribution >= 4 is 21.8 Å². The summed E-state index contributed by atoms with van der Waals surface area (Å²) in [7, 11) is -2.12. The second kappa shape index (κ2) is 8.11. The predicted octanol–water partition coefficient (Wildman–Crippen LogP) is 1.73. The summed E-state index contributed by atoms with van der Waals surface area (Å²) in [4.78, 5) is 12.3. The summed E-state index contributed by atoms with van der Waals surface area (Å²) in [6.07, 6.45) is 0.713. The second-order valence-corrected chi connectivity index (χ2v) is 8.05. The molecule has 140 valence electrons. The minimum atomic E-state index is -3.47. The Morgan fingerprint density at radius 1 is 1.32 bits per heavy atom. The SMILES string of the molecule is CNS(=O)(=O)N1CCC(C(=O)Nc2ccc(OC(C)C)cc2F)CC1. The summed E-state index contributed by atoms with van der Waals surface area (Å²) >= 11 is 0. The number of ether oxygens (including phenoxy) is 1. The Kier molecular flexibility index (Phi) is 6.36. The van der Waals surface area contributed by atoms with E-state index >= 15 is 0 Å². The third kappa shape index (κ3) is 5.13. The lowest BCUT2D eigenvalue weighted by Crippen LogP contribution is -2.45. The van der Waals surface area contributed by atoms with Crippen molar-refractivity contribution in [2.24, 2.45) is 5.92 Å². The molecule has 25 heavy (non-hydrogen) atoms. The molecule has 1 aliphatic rings.